The second kappa shape index (κ2) is 6.87. The summed E-state index contributed by atoms with van der Waals surface area (Å²) in [7, 11) is -1.74. The van der Waals surface area contributed by atoms with Gasteiger partial charge >= 0.3 is 0 Å². The van der Waals surface area contributed by atoms with Crippen LogP contribution in [0.1, 0.15) is 31.4 Å². The topological polar surface area (TPSA) is 60.9 Å². The number of hydrogen-bond acceptors (Lipinski definition) is 3. The number of nitrogens with zero attached hydrogens (tertiary/aromatic N) is 2. The van der Waals surface area contributed by atoms with Gasteiger partial charge in [0, 0.05) is 26.7 Å². The third-order valence-corrected chi connectivity index (χ3v) is 6.32. The molecule has 5 nitrogen and oxygen atoms in total. The van der Waals surface area contributed by atoms with Crippen molar-refractivity contribution in [3.8, 4) is 0 Å². The normalized spacial score (nSPS) is 19.8. The van der Waals surface area contributed by atoms with Crippen molar-refractivity contribution < 1.29 is 13.5 Å². The molecule has 1 N–H and O–H groups in total. The summed E-state index contributed by atoms with van der Waals surface area (Å²) < 4.78 is 27.4. The largest absolute Gasteiger partial charge is 0.388 e. The van der Waals surface area contributed by atoms with Gasteiger partial charge in [-0.2, -0.15) is 17.0 Å². The third-order valence-electron chi connectivity index (χ3n) is 4.25. The van der Waals surface area contributed by atoms with Crippen molar-refractivity contribution in [2.24, 2.45) is 5.92 Å². The van der Waals surface area contributed by atoms with E-state index < -0.39 is 16.3 Å². The van der Waals surface area contributed by atoms with Gasteiger partial charge in [-0.25, -0.2) is 0 Å². The Balaban J connectivity index is 1.98. The molecule has 0 saturated carbocycles. The van der Waals surface area contributed by atoms with Crippen LogP contribution in [0.15, 0.2) is 30.3 Å². The highest BCUT2D eigenvalue weighted by molar-refractivity contribution is 7.86. The molecule has 0 amide bonds. The van der Waals surface area contributed by atoms with Gasteiger partial charge in [0.25, 0.3) is 10.2 Å². The van der Waals surface area contributed by atoms with Crippen LogP contribution in [0.2, 0.25) is 0 Å². The van der Waals surface area contributed by atoms with E-state index in [1.807, 2.05) is 37.3 Å². The molecule has 1 aromatic rings. The lowest BCUT2D eigenvalue weighted by molar-refractivity contribution is 0.0751. The SMILES string of the molecule is CCN(C)S(=O)(=O)N1CCC(C(O)c2ccccc2)CC1. The highest BCUT2D eigenvalue weighted by atomic mass is 32.2. The molecule has 2 rings (SSSR count). The molecule has 118 valence electrons. The lowest BCUT2D eigenvalue weighted by Crippen LogP contribution is -2.46. The molecular weight excluding hydrogens is 288 g/mol. The van der Waals surface area contributed by atoms with Gasteiger partial charge in [0.2, 0.25) is 0 Å². The summed E-state index contributed by atoms with van der Waals surface area (Å²) in [6, 6.07) is 9.58. The quantitative estimate of drug-likeness (QED) is 0.899. The molecule has 1 unspecified atom stereocenters. The summed E-state index contributed by atoms with van der Waals surface area (Å²) in [6.07, 6.45) is 0.861. The van der Waals surface area contributed by atoms with Gasteiger partial charge < -0.3 is 5.11 Å². The van der Waals surface area contributed by atoms with Crippen molar-refractivity contribution in [3.05, 3.63) is 35.9 Å². The Kier molecular flexibility index (Phi) is 5.37. The molecule has 0 aromatic heterocycles. The van der Waals surface area contributed by atoms with Crippen LogP contribution in [0.25, 0.3) is 0 Å². The molecule has 1 aliphatic heterocycles. The molecule has 1 aromatic carbocycles. The summed E-state index contributed by atoms with van der Waals surface area (Å²) >= 11 is 0. The molecule has 0 bridgehead atoms. The number of piperidine rings is 1. The van der Waals surface area contributed by atoms with Crippen LogP contribution >= 0.6 is 0 Å². The minimum absolute atomic E-state index is 0.116. The van der Waals surface area contributed by atoms with E-state index >= 15 is 0 Å². The maximum Gasteiger partial charge on any atom is 0.281 e. The van der Waals surface area contributed by atoms with E-state index in [4.69, 9.17) is 0 Å². The second-order valence-corrected chi connectivity index (χ2v) is 7.55. The Labute approximate surface area is 127 Å². The highest BCUT2D eigenvalue weighted by Crippen LogP contribution is 2.31. The van der Waals surface area contributed by atoms with Gasteiger partial charge in [-0.3, -0.25) is 0 Å². The zero-order valence-electron chi connectivity index (χ0n) is 12.6. The Bertz CT molecular complexity index is 539. The number of benzene rings is 1. The molecule has 1 saturated heterocycles. The summed E-state index contributed by atoms with van der Waals surface area (Å²) in [5, 5.41) is 10.4. The van der Waals surface area contributed by atoms with Crippen molar-refractivity contribution in [2.45, 2.75) is 25.9 Å². The van der Waals surface area contributed by atoms with Gasteiger partial charge in [-0.05, 0) is 24.3 Å². The lowest BCUT2D eigenvalue weighted by Gasteiger charge is -2.35. The van der Waals surface area contributed by atoms with Gasteiger partial charge in [-0.1, -0.05) is 37.3 Å². The van der Waals surface area contributed by atoms with Crippen molar-refractivity contribution in [1.82, 2.24) is 8.61 Å². The zero-order valence-corrected chi connectivity index (χ0v) is 13.5. The monoisotopic (exact) mass is 312 g/mol. The van der Waals surface area contributed by atoms with Crippen LogP contribution in [0.5, 0.6) is 0 Å². The fourth-order valence-electron chi connectivity index (χ4n) is 2.70. The van der Waals surface area contributed by atoms with Crippen LogP contribution in [0.4, 0.5) is 0 Å². The van der Waals surface area contributed by atoms with E-state index in [-0.39, 0.29) is 5.92 Å². The van der Waals surface area contributed by atoms with Gasteiger partial charge in [0.15, 0.2) is 0 Å². The Morgan fingerprint density at radius 1 is 1.29 bits per heavy atom. The third kappa shape index (κ3) is 3.63. The molecule has 0 aliphatic carbocycles. The molecule has 1 fully saturated rings. The minimum Gasteiger partial charge on any atom is -0.388 e. The van der Waals surface area contributed by atoms with E-state index in [2.05, 4.69) is 0 Å². The number of aliphatic hydroxyl groups is 1. The number of rotatable bonds is 5. The smallest absolute Gasteiger partial charge is 0.281 e. The maximum atomic E-state index is 12.3. The van der Waals surface area contributed by atoms with E-state index in [0.717, 1.165) is 5.56 Å². The first-order chi connectivity index (χ1) is 9.96. The summed E-state index contributed by atoms with van der Waals surface area (Å²) in [5.41, 5.74) is 0.907. The molecular formula is C15H24N2O3S. The van der Waals surface area contributed by atoms with Crippen LogP contribution in [0.3, 0.4) is 0 Å². The average molecular weight is 312 g/mol. The summed E-state index contributed by atoms with van der Waals surface area (Å²) in [5.74, 6) is 0.116. The lowest BCUT2D eigenvalue weighted by atomic mass is 9.88. The molecule has 1 aliphatic rings. The Hall–Kier alpha value is -0.950. The summed E-state index contributed by atoms with van der Waals surface area (Å²) in [4.78, 5) is 0. The predicted molar refractivity (Wildman–Crippen MR) is 82.9 cm³/mol. The molecule has 1 heterocycles. The first kappa shape index (κ1) is 16.4. The Morgan fingerprint density at radius 3 is 2.38 bits per heavy atom. The van der Waals surface area contributed by atoms with Crippen molar-refractivity contribution in [2.75, 3.05) is 26.7 Å². The average Bonchev–Trinajstić information content (AvgIpc) is 2.54. The predicted octanol–water partition coefficient (Wildman–Crippen LogP) is 1.63. The fourth-order valence-corrected chi connectivity index (χ4v) is 4.10. The van der Waals surface area contributed by atoms with Crippen molar-refractivity contribution in [3.63, 3.8) is 0 Å². The number of aliphatic hydroxyl groups excluding tert-OH is 1. The van der Waals surface area contributed by atoms with Crippen molar-refractivity contribution >= 4 is 10.2 Å². The van der Waals surface area contributed by atoms with Crippen molar-refractivity contribution in [1.29, 1.82) is 0 Å². The maximum absolute atomic E-state index is 12.3. The summed E-state index contributed by atoms with van der Waals surface area (Å²) in [6.45, 7) is 3.24. The standard InChI is InChI=1S/C15H24N2O3S/c1-3-16(2)21(19,20)17-11-9-14(10-12-17)15(18)13-7-5-4-6-8-13/h4-8,14-15,18H,3,9-12H2,1-2H3. The fraction of sp³-hybridized carbons (Fsp3) is 0.600. The molecule has 21 heavy (non-hydrogen) atoms. The molecule has 0 radical (unpaired) electrons. The van der Waals surface area contributed by atoms with E-state index in [1.54, 1.807) is 7.05 Å². The van der Waals surface area contributed by atoms with Crippen LogP contribution in [0, 0.1) is 5.92 Å². The van der Waals surface area contributed by atoms with Gasteiger partial charge in [0.05, 0.1) is 6.10 Å². The van der Waals surface area contributed by atoms with E-state index in [1.165, 1.54) is 8.61 Å². The molecule has 6 heteroatoms. The first-order valence-corrected chi connectivity index (χ1v) is 8.81. The van der Waals surface area contributed by atoms with E-state index in [9.17, 15) is 13.5 Å². The highest BCUT2D eigenvalue weighted by Gasteiger charge is 2.33. The Morgan fingerprint density at radius 2 is 1.86 bits per heavy atom. The first-order valence-electron chi connectivity index (χ1n) is 7.41. The second-order valence-electron chi connectivity index (χ2n) is 5.51. The van der Waals surface area contributed by atoms with Crippen LogP contribution in [-0.2, 0) is 10.2 Å². The molecule has 1 atom stereocenters. The van der Waals surface area contributed by atoms with E-state index in [0.29, 0.717) is 32.5 Å². The van der Waals surface area contributed by atoms with Crippen LogP contribution in [-0.4, -0.2) is 48.8 Å². The van der Waals surface area contributed by atoms with Gasteiger partial charge in [-0.15, -0.1) is 0 Å². The van der Waals surface area contributed by atoms with Gasteiger partial charge in [0.1, 0.15) is 0 Å². The number of hydrogen-bond donors (Lipinski definition) is 1. The molecule has 0 spiro atoms. The van der Waals surface area contributed by atoms with Crippen LogP contribution < -0.4 is 0 Å². The zero-order chi connectivity index (χ0) is 15.5. The minimum atomic E-state index is -3.34.